The molecule has 5 heteroatoms. The van der Waals surface area contributed by atoms with Crippen molar-refractivity contribution in [1.29, 1.82) is 0 Å². The minimum atomic E-state index is -4.05. The Morgan fingerprint density at radius 2 is 2.00 bits per heavy atom. The van der Waals surface area contributed by atoms with Gasteiger partial charge in [-0.2, -0.15) is 13.2 Å². The average Bonchev–Trinajstić information content (AvgIpc) is 2.68. The Kier molecular flexibility index (Phi) is 3.74. The molecule has 2 aliphatic rings. The summed E-state index contributed by atoms with van der Waals surface area (Å²) in [5.41, 5.74) is 0. The van der Waals surface area contributed by atoms with Gasteiger partial charge in [0.2, 0.25) is 0 Å². The van der Waals surface area contributed by atoms with Crippen LogP contribution in [0.3, 0.4) is 0 Å². The van der Waals surface area contributed by atoms with Crippen LogP contribution >= 0.6 is 0 Å². The Hall–Kier alpha value is -0.290. The highest BCUT2D eigenvalue weighted by atomic mass is 19.4. The van der Waals surface area contributed by atoms with Gasteiger partial charge in [0, 0.05) is 12.6 Å². The van der Waals surface area contributed by atoms with Gasteiger partial charge in [-0.3, -0.25) is 4.90 Å². The molecule has 0 aromatic heterocycles. The predicted octanol–water partition coefficient (Wildman–Crippen LogP) is 2.01. The van der Waals surface area contributed by atoms with Crippen LogP contribution in [-0.4, -0.2) is 43.3 Å². The lowest BCUT2D eigenvalue weighted by Gasteiger charge is -2.36. The van der Waals surface area contributed by atoms with Gasteiger partial charge < -0.3 is 5.32 Å². The molecule has 1 N–H and O–H groups in total. The summed E-state index contributed by atoms with van der Waals surface area (Å²) in [6.45, 7) is 1.50. The molecule has 16 heavy (non-hydrogen) atoms. The summed E-state index contributed by atoms with van der Waals surface area (Å²) in [5.74, 6) is 0.415. The fourth-order valence-electron chi connectivity index (χ4n) is 2.93. The minimum Gasteiger partial charge on any atom is -0.314 e. The number of rotatable bonds is 2. The van der Waals surface area contributed by atoms with Crippen LogP contribution < -0.4 is 5.32 Å². The predicted molar refractivity (Wildman–Crippen MR) is 56.2 cm³/mol. The largest absolute Gasteiger partial charge is 0.401 e. The number of likely N-dealkylation sites (tertiary alicyclic amines) is 1. The molecule has 0 aromatic rings. The molecule has 2 fully saturated rings. The summed E-state index contributed by atoms with van der Waals surface area (Å²) < 4.78 is 36.9. The molecule has 0 radical (unpaired) electrons. The molecule has 0 amide bonds. The van der Waals surface area contributed by atoms with E-state index in [1.807, 2.05) is 0 Å². The third-order valence-electron chi connectivity index (χ3n) is 3.61. The van der Waals surface area contributed by atoms with E-state index < -0.39 is 12.7 Å². The quantitative estimate of drug-likeness (QED) is 0.789. The zero-order valence-corrected chi connectivity index (χ0v) is 9.39. The normalized spacial score (nSPS) is 33.2. The minimum absolute atomic E-state index is 0.415. The highest BCUT2D eigenvalue weighted by Crippen LogP contribution is 2.26. The number of nitrogens with zero attached hydrogens (tertiary/aromatic N) is 1. The Balaban J connectivity index is 1.83. The van der Waals surface area contributed by atoms with Crippen LogP contribution in [0.15, 0.2) is 0 Å². The molecule has 2 heterocycles. The van der Waals surface area contributed by atoms with Gasteiger partial charge >= 0.3 is 6.18 Å². The van der Waals surface area contributed by atoms with Gasteiger partial charge in [-0.1, -0.05) is 0 Å². The first-order chi connectivity index (χ1) is 7.54. The molecule has 0 saturated carbocycles. The fraction of sp³-hybridized carbons (Fsp3) is 1.00. The number of hydrogen-bond donors (Lipinski definition) is 1. The molecule has 2 nitrogen and oxygen atoms in total. The first-order valence-corrected chi connectivity index (χ1v) is 6.07. The molecular weight excluding hydrogens is 217 g/mol. The topological polar surface area (TPSA) is 15.3 Å². The van der Waals surface area contributed by atoms with Gasteiger partial charge in [0.1, 0.15) is 0 Å². The van der Waals surface area contributed by atoms with Crippen molar-refractivity contribution in [2.75, 3.05) is 26.2 Å². The van der Waals surface area contributed by atoms with Crippen molar-refractivity contribution in [1.82, 2.24) is 10.2 Å². The van der Waals surface area contributed by atoms with E-state index in [4.69, 9.17) is 0 Å². The highest BCUT2D eigenvalue weighted by molar-refractivity contribution is 4.86. The second kappa shape index (κ2) is 4.92. The molecule has 2 saturated heterocycles. The molecule has 2 aliphatic heterocycles. The monoisotopic (exact) mass is 236 g/mol. The van der Waals surface area contributed by atoms with Crippen molar-refractivity contribution >= 4 is 0 Å². The van der Waals surface area contributed by atoms with Gasteiger partial charge in [-0.25, -0.2) is 0 Å². The van der Waals surface area contributed by atoms with Gasteiger partial charge in [0.25, 0.3) is 0 Å². The average molecular weight is 236 g/mol. The third kappa shape index (κ3) is 3.35. The lowest BCUT2D eigenvalue weighted by Crippen LogP contribution is -2.46. The van der Waals surface area contributed by atoms with Gasteiger partial charge in [0.05, 0.1) is 6.54 Å². The Morgan fingerprint density at radius 1 is 1.19 bits per heavy atom. The van der Waals surface area contributed by atoms with Crippen LogP contribution in [0.1, 0.15) is 25.7 Å². The van der Waals surface area contributed by atoms with Crippen LogP contribution in [0.2, 0.25) is 0 Å². The maximum Gasteiger partial charge on any atom is 0.401 e. The van der Waals surface area contributed by atoms with Crippen molar-refractivity contribution in [3.05, 3.63) is 0 Å². The Morgan fingerprint density at radius 3 is 2.62 bits per heavy atom. The van der Waals surface area contributed by atoms with Gasteiger partial charge in [-0.15, -0.1) is 0 Å². The van der Waals surface area contributed by atoms with Crippen LogP contribution in [0.25, 0.3) is 0 Å². The number of halogens is 3. The number of piperidine rings is 1. The zero-order chi connectivity index (χ0) is 11.6. The van der Waals surface area contributed by atoms with Crippen LogP contribution in [0, 0.1) is 5.92 Å². The Labute approximate surface area is 94.2 Å². The summed E-state index contributed by atoms with van der Waals surface area (Å²) in [6, 6.07) is 0.455. The number of nitrogens with one attached hydrogen (secondary N) is 1. The first kappa shape index (κ1) is 12.2. The van der Waals surface area contributed by atoms with Crippen LogP contribution in [0.5, 0.6) is 0 Å². The van der Waals surface area contributed by atoms with E-state index in [0.29, 0.717) is 25.0 Å². The number of alkyl halides is 3. The van der Waals surface area contributed by atoms with Gasteiger partial charge in [0.15, 0.2) is 0 Å². The molecule has 0 aromatic carbocycles. The third-order valence-corrected chi connectivity index (χ3v) is 3.61. The van der Waals surface area contributed by atoms with Crippen molar-refractivity contribution in [2.24, 2.45) is 5.92 Å². The molecular formula is C11H19F3N2. The van der Waals surface area contributed by atoms with E-state index in [9.17, 15) is 13.2 Å². The van der Waals surface area contributed by atoms with E-state index in [2.05, 4.69) is 5.32 Å². The molecule has 2 unspecified atom stereocenters. The van der Waals surface area contributed by atoms with E-state index in [-0.39, 0.29) is 0 Å². The van der Waals surface area contributed by atoms with E-state index in [1.54, 1.807) is 4.90 Å². The highest BCUT2D eigenvalue weighted by Gasteiger charge is 2.35. The van der Waals surface area contributed by atoms with Crippen LogP contribution in [-0.2, 0) is 0 Å². The van der Waals surface area contributed by atoms with Crippen LogP contribution in [0.4, 0.5) is 13.2 Å². The smallest absolute Gasteiger partial charge is 0.314 e. The van der Waals surface area contributed by atoms with Crippen molar-refractivity contribution in [2.45, 2.75) is 37.9 Å². The maximum absolute atomic E-state index is 12.3. The van der Waals surface area contributed by atoms with Crippen molar-refractivity contribution < 1.29 is 13.2 Å². The lowest BCUT2D eigenvalue weighted by atomic mass is 9.90. The SMILES string of the molecule is FC(F)(F)CN1CCCC(C2CCCN2)C1. The summed E-state index contributed by atoms with van der Waals surface area (Å²) >= 11 is 0. The second-order valence-corrected chi connectivity index (χ2v) is 4.96. The fourth-order valence-corrected chi connectivity index (χ4v) is 2.93. The summed E-state index contributed by atoms with van der Waals surface area (Å²) in [5, 5.41) is 3.40. The molecule has 0 aliphatic carbocycles. The molecule has 2 atom stereocenters. The molecule has 94 valence electrons. The summed E-state index contributed by atoms with van der Waals surface area (Å²) in [6.07, 6.45) is 0.223. The molecule has 0 bridgehead atoms. The van der Waals surface area contributed by atoms with Gasteiger partial charge in [-0.05, 0) is 44.7 Å². The van der Waals surface area contributed by atoms with E-state index in [1.165, 1.54) is 6.42 Å². The van der Waals surface area contributed by atoms with E-state index >= 15 is 0 Å². The molecule has 0 spiro atoms. The zero-order valence-electron chi connectivity index (χ0n) is 9.39. The first-order valence-electron chi connectivity index (χ1n) is 6.07. The summed E-state index contributed by atoms with van der Waals surface area (Å²) in [7, 11) is 0. The maximum atomic E-state index is 12.3. The number of hydrogen-bond acceptors (Lipinski definition) is 2. The van der Waals surface area contributed by atoms with Crippen molar-refractivity contribution in [3.63, 3.8) is 0 Å². The van der Waals surface area contributed by atoms with E-state index in [0.717, 1.165) is 25.8 Å². The standard InChI is InChI=1S/C11H19F3N2/c12-11(13,14)8-16-6-2-3-9(7-16)10-4-1-5-15-10/h9-10,15H,1-8H2. The Bertz CT molecular complexity index is 224. The molecule has 2 rings (SSSR count). The second-order valence-electron chi connectivity index (χ2n) is 4.96. The van der Waals surface area contributed by atoms with Crippen molar-refractivity contribution in [3.8, 4) is 0 Å². The lowest BCUT2D eigenvalue weighted by molar-refractivity contribution is -0.149. The summed E-state index contributed by atoms with van der Waals surface area (Å²) in [4.78, 5) is 1.56.